The van der Waals surface area contributed by atoms with Crippen molar-refractivity contribution in [1.82, 2.24) is 0 Å². The van der Waals surface area contributed by atoms with Crippen LogP contribution in [0.2, 0.25) is 0 Å². The first-order valence-electron chi connectivity index (χ1n) is 5.90. The maximum Gasteiger partial charge on any atom is 0.160 e. The van der Waals surface area contributed by atoms with Gasteiger partial charge in [-0.25, -0.2) is 8.78 Å². The number of rotatable bonds is 4. The number of methoxy groups -OCH3 is 1. The molecule has 2 rings (SSSR count). The van der Waals surface area contributed by atoms with E-state index in [0.29, 0.717) is 23.5 Å². The van der Waals surface area contributed by atoms with Crippen LogP contribution in [0.1, 0.15) is 11.1 Å². The highest BCUT2D eigenvalue weighted by atomic mass is 19.2. The summed E-state index contributed by atoms with van der Waals surface area (Å²) in [4.78, 5) is 0. The van der Waals surface area contributed by atoms with Crippen molar-refractivity contribution in [3.8, 4) is 11.8 Å². The van der Waals surface area contributed by atoms with E-state index in [1.807, 2.05) is 6.07 Å². The Morgan fingerprint density at radius 3 is 2.60 bits per heavy atom. The fourth-order valence-corrected chi connectivity index (χ4v) is 1.75. The molecular weight excluding hydrogens is 262 g/mol. The molecule has 0 atom stereocenters. The number of nitrogens with zero attached hydrogens (tertiary/aromatic N) is 1. The summed E-state index contributed by atoms with van der Waals surface area (Å²) < 4.78 is 30.9. The molecule has 2 aromatic rings. The Morgan fingerprint density at radius 2 is 1.95 bits per heavy atom. The molecule has 0 bridgehead atoms. The summed E-state index contributed by atoms with van der Waals surface area (Å²) in [6.07, 6.45) is 0. The van der Waals surface area contributed by atoms with Crippen LogP contribution in [0, 0.1) is 23.0 Å². The number of ether oxygens (including phenoxy) is 1. The SMILES string of the molecule is COc1cc(CNc2ccc(F)c(F)c2)ccc1C#N. The van der Waals surface area contributed by atoms with Gasteiger partial charge in [0.2, 0.25) is 0 Å². The molecule has 3 nitrogen and oxygen atoms in total. The van der Waals surface area contributed by atoms with Gasteiger partial charge in [0.1, 0.15) is 11.8 Å². The first-order valence-corrected chi connectivity index (χ1v) is 5.90. The van der Waals surface area contributed by atoms with Crippen molar-refractivity contribution in [2.45, 2.75) is 6.54 Å². The van der Waals surface area contributed by atoms with Gasteiger partial charge < -0.3 is 10.1 Å². The molecule has 0 heterocycles. The third-order valence-corrected chi connectivity index (χ3v) is 2.80. The standard InChI is InChI=1S/C15H12F2N2O/c1-20-15-6-10(2-3-11(15)8-18)9-19-12-4-5-13(16)14(17)7-12/h2-7,19H,9H2,1H3. The van der Waals surface area contributed by atoms with E-state index in [9.17, 15) is 8.78 Å². The van der Waals surface area contributed by atoms with Crippen LogP contribution in [-0.2, 0) is 6.54 Å². The molecule has 0 saturated heterocycles. The summed E-state index contributed by atoms with van der Waals surface area (Å²) in [5.74, 6) is -1.29. The van der Waals surface area contributed by atoms with Gasteiger partial charge in [0.15, 0.2) is 11.6 Å². The lowest BCUT2D eigenvalue weighted by Gasteiger charge is -2.09. The third-order valence-electron chi connectivity index (χ3n) is 2.80. The molecule has 0 aromatic heterocycles. The lowest BCUT2D eigenvalue weighted by atomic mass is 10.1. The molecule has 5 heteroatoms. The van der Waals surface area contributed by atoms with E-state index in [4.69, 9.17) is 10.00 Å². The summed E-state index contributed by atoms with van der Waals surface area (Å²) in [5.41, 5.74) is 1.79. The van der Waals surface area contributed by atoms with Crippen LogP contribution in [0.5, 0.6) is 5.75 Å². The smallest absolute Gasteiger partial charge is 0.160 e. The van der Waals surface area contributed by atoms with Crippen LogP contribution >= 0.6 is 0 Å². The monoisotopic (exact) mass is 274 g/mol. The summed E-state index contributed by atoms with van der Waals surface area (Å²) in [6, 6.07) is 10.8. The number of halogens is 2. The fraction of sp³-hybridized carbons (Fsp3) is 0.133. The highest BCUT2D eigenvalue weighted by molar-refractivity contribution is 5.48. The number of anilines is 1. The van der Waals surface area contributed by atoms with Crippen LogP contribution < -0.4 is 10.1 Å². The molecule has 0 aliphatic carbocycles. The van der Waals surface area contributed by atoms with Crippen molar-refractivity contribution in [1.29, 1.82) is 5.26 Å². The fourth-order valence-electron chi connectivity index (χ4n) is 1.75. The molecule has 0 aliphatic heterocycles. The average molecular weight is 274 g/mol. The van der Waals surface area contributed by atoms with E-state index in [1.54, 1.807) is 18.2 Å². The zero-order valence-corrected chi connectivity index (χ0v) is 10.8. The Labute approximate surface area is 115 Å². The maximum atomic E-state index is 13.1. The van der Waals surface area contributed by atoms with Gasteiger partial charge in [-0.2, -0.15) is 5.26 Å². The summed E-state index contributed by atoms with van der Waals surface area (Å²) in [7, 11) is 1.49. The summed E-state index contributed by atoms with van der Waals surface area (Å²) in [6.45, 7) is 0.410. The predicted molar refractivity (Wildman–Crippen MR) is 71.4 cm³/mol. The number of hydrogen-bond acceptors (Lipinski definition) is 3. The number of nitrogens with one attached hydrogen (secondary N) is 1. The minimum Gasteiger partial charge on any atom is -0.495 e. The minimum absolute atomic E-state index is 0.410. The van der Waals surface area contributed by atoms with Crippen LogP contribution in [0.15, 0.2) is 36.4 Å². The van der Waals surface area contributed by atoms with Crippen molar-refractivity contribution >= 4 is 5.69 Å². The van der Waals surface area contributed by atoms with Crippen LogP contribution in [0.25, 0.3) is 0 Å². The van der Waals surface area contributed by atoms with Crippen LogP contribution in [0.4, 0.5) is 14.5 Å². The Morgan fingerprint density at radius 1 is 1.15 bits per heavy atom. The lowest BCUT2D eigenvalue weighted by molar-refractivity contribution is 0.413. The van der Waals surface area contributed by atoms with Crippen molar-refractivity contribution in [2.24, 2.45) is 0 Å². The van der Waals surface area contributed by atoms with Gasteiger partial charge in [0.25, 0.3) is 0 Å². The molecule has 2 aromatic carbocycles. The zero-order valence-electron chi connectivity index (χ0n) is 10.8. The maximum absolute atomic E-state index is 13.1. The minimum atomic E-state index is -0.896. The van der Waals surface area contributed by atoms with E-state index in [0.717, 1.165) is 17.7 Å². The zero-order chi connectivity index (χ0) is 14.5. The van der Waals surface area contributed by atoms with E-state index in [1.165, 1.54) is 13.2 Å². The molecule has 0 unspecified atom stereocenters. The first kappa shape index (κ1) is 13.8. The number of hydrogen-bond donors (Lipinski definition) is 1. The highest BCUT2D eigenvalue weighted by Gasteiger charge is 2.05. The molecular formula is C15H12F2N2O. The topological polar surface area (TPSA) is 45.0 Å². The molecule has 1 N–H and O–H groups in total. The van der Waals surface area contributed by atoms with Crippen molar-refractivity contribution in [3.63, 3.8) is 0 Å². The Balaban J connectivity index is 2.11. The van der Waals surface area contributed by atoms with Gasteiger partial charge >= 0.3 is 0 Å². The van der Waals surface area contributed by atoms with Gasteiger partial charge in [0, 0.05) is 18.3 Å². The van der Waals surface area contributed by atoms with E-state index in [-0.39, 0.29) is 0 Å². The molecule has 102 valence electrons. The summed E-state index contributed by atoms with van der Waals surface area (Å²) in [5, 5.41) is 11.9. The molecule has 0 amide bonds. The largest absolute Gasteiger partial charge is 0.495 e. The molecule has 0 saturated carbocycles. The highest BCUT2D eigenvalue weighted by Crippen LogP contribution is 2.20. The third kappa shape index (κ3) is 3.04. The first-order chi connectivity index (χ1) is 9.63. The van der Waals surface area contributed by atoms with Gasteiger partial charge in [0.05, 0.1) is 12.7 Å². The second kappa shape index (κ2) is 6.02. The predicted octanol–water partition coefficient (Wildman–Crippen LogP) is 3.46. The van der Waals surface area contributed by atoms with Gasteiger partial charge in [-0.3, -0.25) is 0 Å². The quantitative estimate of drug-likeness (QED) is 0.928. The van der Waals surface area contributed by atoms with Crippen molar-refractivity contribution in [2.75, 3.05) is 12.4 Å². The molecule has 0 spiro atoms. The van der Waals surface area contributed by atoms with E-state index >= 15 is 0 Å². The Hall–Kier alpha value is -2.61. The van der Waals surface area contributed by atoms with Crippen molar-refractivity contribution < 1.29 is 13.5 Å². The van der Waals surface area contributed by atoms with E-state index in [2.05, 4.69) is 5.32 Å². The number of nitriles is 1. The second-order valence-corrected chi connectivity index (χ2v) is 4.13. The van der Waals surface area contributed by atoms with Gasteiger partial charge in [-0.05, 0) is 29.8 Å². The average Bonchev–Trinajstić information content (AvgIpc) is 2.48. The molecule has 0 fully saturated rings. The number of benzene rings is 2. The van der Waals surface area contributed by atoms with Gasteiger partial charge in [-0.15, -0.1) is 0 Å². The van der Waals surface area contributed by atoms with E-state index < -0.39 is 11.6 Å². The van der Waals surface area contributed by atoms with Crippen molar-refractivity contribution in [3.05, 3.63) is 59.2 Å². The molecule has 0 aliphatic rings. The Kier molecular flexibility index (Phi) is 4.16. The molecule has 0 radical (unpaired) electrons. The molecule has 20 heavy (non-hydrogen) atoms. The second-order valence-electron chi connectivity index (χ2n) is 4.13. The van der Waals surface area contributed by atoms with Crippen LogP contribution in [0.3, 0.4) is 0 Å². The van der Waals surface area contributed by atoms with Gasteiger partial charge in [-0.1, -0.05) is 6.07 Å². The lowest BCUT2D eigenvalue weighted by Crippen LogP contribution is -2.01. The van der Waals surface area contributed by atoms with Crippen LogP contribution in [-0.4, -0.2) is 7.11 Å². The normalized spacial score (nSPS) is 9.90. The Bertz CT molecular complexity index is 665. The summed E-state index contributed by atoms with van der Waals surface area (Å²) >= 11 is 0.